The zero-order valence-corrected chi connectivity index (χ0v) is 36.6. The molecule has 0 saturated heterocycles. The molecule has 0 heterocycles. The minimum absolute atomic E-state index is 0.0346. The van der Waals surface area contributed by atoms with Crippen molar-refractivity contribution in [3.63, 3.8) is 0 Å². The Labute approximate surface area is 332 Å². The van der Waals surface area contributed by atoms with Crippen LogP contribution in [0.4, 0.5) is 0 Å². The molecule has 0 aromatic carbocycles. The minimum atomic E-state index is -4.63. The minimum Gasteiger partial charge on any atom is -0.756 e. The summed E-state index contributed by atoms with van der Waals surface area (Å²) in [4.78, 5) is 37.5. The zero-order valence-electron chi connectivity index (χ0n) is 35.7. The van der Waals surface area contributed by atoms with E-state index in [0.717, 1.165) is 51.4 Å². The standard InChI is InChI=1S/C44H84NO8P/c1-6-8-10-12-14-16-18-20-22-24-26-28-30-32-34-36-43(46)50-40-42(41-52-54(48,49)51-39-38-45(3,4)5)53-44(47)37-35-33-31-29-27-25-23-21-19-17-15-13-11-9-7-2/h24-27,42H,6-23,28-41H2,1-5H3/b26-24-,27-25-/t42-/m1/s1. The van der Waals surface area contributed by atoms with E-state index in [0.29, 0.717) is 23.9 Å². The molecule has 0 aliphatic carbocycles. The molecule has 54 heavy (non-hydrogen) atoms. The third-order valence-corrected chi connectivity index (χ3v) is 10.4. The topological polar surface area (TPSA) is 111 Å². The van der Waals surface area contributed by atoms with Crippen LogP contribution >= 0.6 is 7.82 Å². The van der Waals surface area contributed by atoms with Crippen LogP contribution in [0.5, 0.6) is 0 Å². The third-order valence-electron chi connectivity index (χ3n) is 9.44. The fraction of sp³-hybridized carbons (Fsp3) is 0.864. The molecule has 0 bridgehead atoms. The van der Waals surface area contributed by atoms with Crippen molar-refractivity contribution in [1.82, 2.24) is 0 Å². The number of esters is 2. The first kappa shape index (κ1) is 52.5. The summed E-state index contributed by atoms with van der Waals surface area (Å²) >= 11 is 0. The summed E-state index contributed by atoms with van der Waals surface area (Å²) in [6.07, 6.45) is 39.2. The molecule has 0 saturated carbocycles. The highest BCUT2D eigenvalue weighted by atomic mass is 31.2. The second-order valence-corrected chi connectivity index (χ2v) is 17.5. The van der Waals surface area contributed by atoms with Gasteiger partial charge in [0.05, 0.1) is 27.7 Å². The number of hydrogen-bond acceptors (Lipinski definition) is 8. The van der Waals surface area contributed by atoms with Gasteiger partial charge in [-0.15, -0.1) is 0 Å². The van der Waals surface area contributed by atoms with Crippen LogP contribution in [0.15, 0.2) is 24.3 Å². The first-order valence-electron chi connectivity index (χ1n) is 22.0. The van der Waals surface area contributed by atoms with E-state index in [2.05, 4.69) is 38.2 Å². The van der Waals surface area contributed by atoms with Crippen molar-refractivity contribution in [2.45, 2.75) is 200 Å². The summed E-state index contributed by atoms with van der Waals surface area (Å²) in [5.74, 6) is -0.867. The molecule has 0 N–H and O–H groups in total. The van der Waals surface area contributed by atoms with Gasteiger partial charge in [-0.25, -0.2) is 0 Å². The van der Waals surface area contributed by atoms with E-state index in [1.54, 1.807) is 0 Å². The molecule has 10 heteroatoms. The second kappa shape index (κ2) is 37.1. The Kier molecular flexibility index (Phi) is 36.1. The maximum atomic E-state index is 12.6. The maximum Gasteiger partial charge on any atom is 0.306 e. The van der Waals surface area contributed by atoms with E-state index >= 15 is 0 Å². The fourth-order valence-corrected chi connectivity index (χ4v) is 6.67. The van der Waals surface area contributed by atoms with Gasteiger partial charge in [-0.1, -0.05) is 141 Å². The summed E-state index contributed by atoms with van der Waals surface area (Å²) in [5, 5.41) is 0. The molecule has 0 radical (unpaired) electrons. The lowest BCUT2D eigenvalue weighted by molar-refractivity contribution is -0.870. The second-order valence-electron chi connectivity index (χ2n) is 16.1. The van der Waals surface area contributed by atoms with Crippen molar-refractivity contribution < 1.29 is 42.1 Å². The number of quaternary nitrogens is 1. The Balaban J connectivity index is 4.40. The summed E-state index contributed by atoms with van der Waals surface area (Å²) in [5.41, 5.74) is 0. The molecule has 0 fully saturated rings. The van der Waals surface area contributed by atoms with Crippen molar-refractivity contribution in [1.29, 1.82) is 0 Å². The number of hydrogen-bond donors (Lipinski definition) is 0. The summed E-state index contributed by atoms with van der Waals surface area (Å²) in [7, 11) is 1.15. The van der Waals surface area contributed by atoms with E-state index < -0.39 is 32.5 Å². The molecule has 0 aliphatic rings. The van der Waals surface area contributed by atoms with Gasteiger partial charge in [0.15, 0.2) is 6.10 Å². The smallest absolute Gasteiger partial charge is 0.306 e. The van der Waals surface area contributed by atoms with Gasteiger partial charge in [-0.3, -0.25) is 14.2 Å². The molecule has 0 aromatic rings. The Bertz CT molecular complexity index is 980. The Morgan fingerprint density at radius 1 is 0.556 bits per heavy atom. The van der Waals surface area contributed by atoms with Gasteiger partial charge in [0.1, 0.15) is 19.8 Å². The van der Waals surface area contributed by atoms with Crippen LogP contribution in [0.2, 0.25) is 0 Å². The van der Waals surface area contributed by atoms with Crippen LogP contribution in [0.25, 0.3) is 0 Å². The third kappa shape index (κ3) is 40.2. The number of phosphoric ester groups is 1. The quantitative estimate of drug-likeness (QED) is 0.0198. The molecule has 0 spiro atoms. The lowest BCUT2D eigenvalue weighted by atomic mass is 10.1. The molecule has 0 amide bonds. The van der Waals surface area contributed by atoms with Crippen LogP contribution in [0.3, 0.4) is 0 Å². The zero-order chi connectivity index (χ0) is 40.0. The Hall–Kier alpha value is -1.51. The van der Waals surface area contributed by atoms with E-state index in [1.807, 2.05) is 21.1 Å². The molecule has 0 rings (SSSR count). The fourth-order valence-electron chi connectivity index (χ4n) is 5.94. The number of allylic oxidation sites excluding steroid dienone is 4. The van der Waals surface area contributed by atoms with Crippen LogP contribution in [-0.2, 0) is 32.7 Å². The summed E-state index contributed by atoms with van der Waals surface area (Å²) in [6, 6.07) is 0. The molecular weight excluding hydrogens is 701 g/mol. The number of carbonyl (C=O) groups excluding carboxylic acids is 2. The van der Waals surface area contributed by atoms with Crippen molar-refractivity contribution in [3.05, 3.63) is 24.3 Å². The van der Waals surface area contributed by atoms with Gasteiger partial charge >= 0.3 is 11.9 Å². The van der Waals surface area contributed by atoms with E-state index in [1.165, 1.54) is 103 Å². The normalized spacial score (nSPS) is 13.8. The van der Waals surface area contributed by atoms with E-state index in [-0.39, 0.29) is 26.1 Å². The van der Waals surface area contributed by atoms with Crippen LogP contribution in [0.1, 0.15) is 194 Å². The van der Waals surface area contributed by atoms with Gasteiger partial charge in [0, 0.05) is 12.8 Å². The highest BCUT2D eigenvalue weighted by Gasteiger charge is 2.21. The Morgan fingerprint density at radius 2 is 0.944 bits per heavy atom. The number of carbonyl (C=O) groups is 2. The highest BCUT2D eigenvalue weighted by Crippen LogP contribution is 2.38. The first-order chi connectivity index (χ1) is 26.0. The van der Waals surface area contributed by atoms with Crippen molar-refractivity contribution >= 4 is 19.8 Å². The predicted molar refractivity (Wildman–Crippen MR) is 222 cm³/mol. The van der Waals surface area contributed by atoms with Gasteiger partial charge < -0.3 is 27.9 Å². The summed E-state index contributed by atoms with van der Waals surface area (Å²) < 4.78 is 33.8. The lowest BCUT2D eigenvalue weighted by Crippen LogP contribution is -2.37. The molecule has 1 unspecified atom stereocenters. The largest absolute Gasteiger partial charge is 0.756 e. The van der Waals surface area contributed by atoms with Crippen molar-refractivity contribution in [2.75, 3.05) is 47.5 Å². The van der Waals surface area contributed by atoms with Crippen molar-refractivity contribution in [3.8, 4) is 0 Å². The monoisotopic (exact) mass is 786 g/mol. The number of nitrogens with zero attached hydrogens (tertiary/aromatic N) is 1. The molecular formula is C44H84NO8P. The van der Waals surface area contributed by atoms with Gasteiger partial charge in [-0.05, 0) is 64.2 Å². The van der Waals surface area contributed by atoms with Gasteiger partial charge in [-0.2, -0.15) is 0 Å². The number of rotatable bonds is 40. The Morgan fingerprint density at radius 3 is 1.37 bits per heavy atom. The van der Waals surface area contributed by atoms with Crippen molar-refractivity contribution in [2.24, 2.45) is 0 Å². The van der Waals surface area contributed by atoms with Crippen LogP contribution in [0, 0.1) is 0 Å². The lowest BCUT2D eigenvalue weighted by Gasteiger charge is -2.28. The number of likely N-dealkylation sites (N-methyl/N-ethyl adjacent to an activating group) is 1. The molecule has 0 aliphatic heterocycles. The average molecular weight is 786 g/mol. The highest BCUT2D eigenvalue weighted by molar-refractivity contribution is 7.45. The molecule has 0 aromatic heterocycles. The average Bonchev–Trinajstić information content (AvgIpc) is 3.12. The number of phosphoric acid groups is 1. The van der Waals surface area contributed by atoms with E-state index in [4.69, 9.17) is 18.5 Å². The van der Waals surface area contributed by atoms with Crippen LogP contribution < -0.4 is 4.89 Å². The van der Waals surface area contributed by atoms with Gasteiger partial charge in [0.2, 0.25) is 0 Å². The van der Waals surface area contributed by atoms with Gasteiger partial charge in [0.25, 0.3) is 7.82 Å². The molecule has 9 nitrogen and oxygen atoms in total. The van der Waals surface area contributed by atoms with Crippen LogP contribution in [-0.4, -0.2) is 70.0 Å². The molecule has 318 valence electrons. The first-order valence-corrected chi connectivity index (χ1v) is 23.5. The molecule has 2 atom stereocenters. The maximum absolute atomic E-state index is 12.6. The predicted octanol–water partition coefficient (Wildman–Crippen LogP) is 11.7. The number of unbranched alkanes of at least 4 members (excludes halogenated alkanes) is 22. The SMILES string of the molecule is CCCCCCCCCC/C=C\CCCCCC(=O)OC[C@H](COP(=O)([O-])OCC[N+](C)(C)C)OC(=O)CCCCC/C=C\CCCCCCCCCC. The summed E-state index contributed by atoms with van der Waals surface area (Å²) in [6.45, 7) is 4.19. The van der Waals surface area contributed by atoms with E-state index in [9.17, 15) is 19.0 Å². The number of ether oxygens (including phenoxy) is 2.